The summed E-state index contributed by atoms with van der Waals surface area (Å²) in [5, 5.41) is 112. The molecule has 0 aromatic heterocycles. The average molecular weight is 615 g/mol. The molecule has 1 aliphatic carbocycles. The number of fused-ring (bicyclic) bond motifs is 1. The van der Waals surface area contributed by atoms with Crippen LogP contribution in [0.5, 0.6) is 11.5 Å². The van der Waals surface area contributed by atoms with Crippen molar-refractivity contribution < 1.29 is 84.7 Å². The summed E-state index contributed by atoms with van der Waals surface area (Å²) in [6.07, 6.45) is -18.3. The third kappa shape index (κ3) is 5.63. The predicted octanol–water partition coefficient (Wildman–Crippen LogP) is -3.15. The third-order valence-corrected chi connectivity index (χ3v) is 7.38. The number of ketones is 1. The molecule has 2 fully saturated rings. The highest BCUT2D eigenvalue weighted by Gasteiger charge is 2.53. The molecule has 2 saturated heterocycles. The van der Waals surface area contributed by atoms with E-state index in [9.17, 15) is 61.0 Å². The number of aliphatic hydroxyl groups is 9. The van der Waals surface area contributed by atoms with Gasteiger partial charge in [-0.3, -0.25) is 4.79 Å². The number of hydrogen-bond acceptors (Lipinski definition) is 17. The van der Waals surface area contributed by atoms with Crippen LogP contribution in [0.15, 0.2) is 47.6 Å². The van der Waals surface area contributed by atoms with Crippen LogP contribution in [0.25, 0.3) is 5.76 Å². The van der Waals surface area contributed by atoms with Gasteiger partial charge in [0.05, 0.1) is 6.61 Å². The van der Waals surface area contributed by atoms with Crippen LogP contribution in [-0.2, 0) is 28.5 Å². The van der Waals surface area contributed by atoms with Crippen molar-refractivity contribution in [1.82, 2.24) is 0 Å². The number of phenols is 2. The Balaban J connectivity index is 1.54. The highest BCUT2D eigenvalue weighted by Crippen LogP contribution is 2.41. The first kappa shape index (κ1) is 31.0. The fraction of sp³-hybridized carbons (Fsp3) is 0.500. The summed E-state index contributed by atoms with van der Waals surface area (Å²) in [6.45, 7) is -0.819. The van der Waals surface area contributed by atoms with Crippen LogP contribution < -0.4 is 0 Å². The summed E-state index contributed by atoms with van der Waals surface area (Å²) < 4.78 is 27.7. The van der Waals surface area contributed by atoms with Gasteiger partial charge < -0.3 is 79.9 Å². The summed E-state index contributed by atoms with van der Waals surface area (Å²) in [5.41, 5.74) is -0.0534. The lowest BCUT2D eigenvalue weighted by Gasteiger charge is -2.45. The van der Waals surface area contributed by atoms with Crippen molar-refractivity contribution in [2.75, 3.05) is 6.61 Å². The van der Waals surface area contributed by atoms with E-state index in [0.29, 0.717) is 0 Å². The van der Waals surface area contributed by atoms with E-state index in [1.165, 1.54) is 6.07 Å². The van der Waals surface area contributed by atoms with Crippen molar-refractivity contribution in [3.8, 4) is 11.5 Å². The predicted molar refractivity (Wildman–Crippen MR) is 134 cm³/mol. The van der Waals surface area contributed by atoms with Crippen molar-refractivity contribution in [3.05, 3.63) is 53.2 Å². The summed E-state index contributed by atoms with van der Waals surface area (Å²) >= 11 is 0. The Hall–Kier alpha value is -3.49. The smallest absolute Gasteiger partial charge is 0.231 e. The Morgan fingerprint density at radius 3 is 2.21 bits per heavy atom. The van der Waals surface area contributed by atoms with Gasteiger partial charge in [-0.2, -0.15) is 0 Å². The standard InChI is InChI=1S/C26H30O17/c27-6-13-15(32)17(34)20(37)25(40-13)42-23-18(35)19(36)24(38)43-26(23)41-22-16(33)14-11(31)4-8(28)5-12(14)39-21(22)7-1-2-9(29)10(30)3-7/h1-5,12-15,17-20,23-32,34-38H,6H2/t12?,13-,14?,15-,17+,18+,19+,20-,23-,24+,25+,26-/m1/s1. The first-order chi connectivity index (χ1) is 20.3. The number of hydrogen-bond donors (Lipinski definition) is 11. The number of Topliss-reactive ketones (excluding diaryl/α,β-unsaturated/α-hetero) is 1. The lowest BCUT2D eigenvalue weighted by atomic mass is 9.86. The van der Waals surface area contributed by atoms with Crippen LogP contribution in [0.4, 0.5) is 0 Å². The van der Waals surface area contributed by atoms with Crippen LogP contribution in [0.3, 0.4) is 0 Å². The molecule has 0 amide bonds. The lowest BCUT2D eigenvalue weighted by molar-refractivity contribution is -0.380. The van der Waals surface area contributed by atoms with Gasteiger partial charge in [0.25, 0.3) is 0 Å². The molecule has 3 heterocycles. The summed E-state index contributed by atoms with van der Waals surface area (Å²) in [6, 6.07) is 3.29. The Morgan fingerprint density at radius 2 is 1.53 bits per heavy atom. The van der Waals surface area contributed by atoms with Crippen LogP contribution in [0, 0.1) is 5.92 Å². The Bertz CT molecular complexity index is 1320. The Kier molecular flexibility index (Phi) is 8.56. The van der Waals surface area contributed by atoms with E-state index in [-0.39, 0.29) is 5.56 Å². The molecule has 4 aliphatic rings. The zero-order chi connectivity index (χ0) is 31.3. The van der Waals surface area contributed by atoms with E-state index in [2.05, 4.69) is 0 Å². The van der Waals surface area contributed by atoms with Crippen LogP contribution in [0.2, 0.25) is 0 Å². The van der Waals surface area contributed by atoms with E-state index in [4.69, 9.17) is 23.7 Å². The molecule has 5 rings (SSSR count). The second-order valence-electron chi connectivity index (χ2n) is 10.2. The van der Waals surface area contributed by atoms with Gasteiger partial charge in [-0.1, -0.05) is 0 Å². The second kappa shape index (κ2) is 11.9. The molecule has 11 N–H and O–H groups in total. The summed E-state index contributed by atoms with van der Waals surface area (Å²) in [5.74, 6) is -5.75. The molecule has 0 radical (unpaired) electrons. The number of benzene rings is 1. The topological polar surface area (TPSA) is 286 Å². The van der Waals surface area contributed by atoms with Gasteiger partial charge in [-0.05, 0) is 24.3 Å². The van der Waals surface area contributed by atoms with Crippen LogP contribution in [-0.4, -0.2) is 136 Å². The maximum atomic E-state index is 13.7. The number of rotatable bonds is 6. The molecule has 2 unspecified atom stereocenters. The summed E-state index contributed by atoms with van der Waals surface area (Å²) in [7, 11) is 0. The van der Waals surface area contributed by atoms with Crippen molar-refractivity contribution in [2.24, 2.45) is 5.92 Å². The highest BCUT2D eigenvalue weighted by atomic mass is 16.8. The van der Waals surface area contributed by atoms with Crippen molar-refractivity contribution in [3.63, 3.8) is 0 Å². The van der Waals surface area contributed by atoms with Gasteiger partial charge in [0, 0.05) is 11.6 Å². The first-order valence-electron chi connectivity index (χ1n) is 12.9. The van der Waals surface area contributed by atoms with E-state index in [0.717, 1.165) is 24.3 Å². The van der Waals surface area contributed by atoms with E-state index < -0.39 is 121 Å². The number of aromatic hydroxyl groups is 2. The Morgan fingerprint density at radius 1 is 0.814 bits per heavy atom. The fourth-order valence-electron chi connectivity index (χ4n) is 5.04. The molecule has 0 bridgehead atoms. The van der Waals surface area contributed by atoms with Crippen molar-refractivity contribution in [2.45, 2.75) is 67.7 Å². The van der Waals surface area contributed by atoms with E-state index in [1.807, 2.05) is 0 Å². The molecular formula is C26H30O17. The molecule has 1 aromatic rings. The zero-order valence-electron chi connectivity index (χ0n) is 21.9. The maximum absolute atomic E-state index is 13.7. The minimum Gasteiger partial charge on any atom is -0.511 e. The number of carbonyl (C=O) groups is 1. The molecule has 0 spiro atoms. The number of phenolic OH excluding ortho intramolecular Hbond substituents is 2. The number of ether oxygens (including phenoxy) is 5. The number of allylic oxidation sites excluding steroid dienone is 2. The number of carbonyl (C=O) groups excluding carboxylic acids is 1. The third-order valence-electron chi connectivity index (χ3n) is 7.38. The Labute approximate surface area is 241 Å². The van der Waals surface area contributed by atoms with Crippen LogP contribution in [0.1, 0.15) is 5.56 Å². The van der Waals surface area contributed by atoms with Gasteiger partial charge >= 0.3 is 0 Å². The summed E-state index contributed by atoms with van der Waals surface area (Å²) in [4.78, 5) is 13.7. The molecule has 17 heteroatoms. The van der Waals surface area contributed by atoms with Crippen LogP contribution >= 0.6 is 0 Å². The van der Waals surface area contributed by atoms with Crippen molar-refractivity contribution >= 4 is 11.5 Å². The second-order valence-corrected chi connectivity index (χ2v) is 10.2. The van der Waals surface area contributed by atoms with Crippen molar-refractivity contribution in [1.29, 1.82) is 0 Å². The van der Waals surface area contributed by atoms with E-state index >= 15 is 0 Å². The average Bonchev–Trinajstić information content (AvgIpc) is 2.96. The molecule has 0 saturated carbocycles. The number of aliphatic hydroxyl groups excluding tert-OH is 9. The fourth-order valence-corrected chi connectivity index (χ4v) is 5.04. The lowest BCUT2D eigenvalue weighted by Crippen LogP contribution is -2.64. The molecule has 3 aliphatic heterocycles. The first-order valence-corrected chi connectivity index (χ1v) is 12.9. The SMILES string of the molecule is O=C1C(O[C@@H]2O[C@H](O)[C@@H](O)[C@H](O)[C@H]2O[C@@H]2O[C@H](CO)[C@@H](O)[C@H](O)[C@H]2O)=C(c2ccc(O)c(O)c2)OC2C=C(O)C=C(O)C12. The quantitative estimate of drug-likeness (QED) is 0.141. The van der Waals surface area contributed by atoms with Gasteiger partial charge in [0.15, 0.2) is 35.9 Å². The molecule has 236 valence electrons. The minimum absolute atomic E-state index is 0.0534. The van der Waals surface area contributed by atoms with Gasteiger partial charge in [-0.25, -0.2) is 0 Å². The molecular weight excluding hydrogens is 584 g/mol. The zero-order valence-corrected chi connectivity index (χ0v) is 21.9. The normalized spacial score (nSPS) is 39.8. The molecule has 1 aromatic carbocycles. The molecule has 12 atom stereocenters. The van der Waals surface area contributed by atoms with Gasteiger partial charge in [-0.15, -0.1) is 0 Å². The molecule has 43 heavy (non-hydrogen) atoms. The van der Waals surface area contributed by atoms with Gasteiger partial charge in [0.2, 0.25) is 17.8 Å². The maximum Gasteiger partial charge on any atom is 0.231 e. The van der Waals surface area contributed by atoms with Gasteiger partial charge in [0.1, 0.15) is 60.2 Å². The monoisotopic (exact) mass is 614 g/mol. The molecule has 17 nitrogen and oxygen atoms in total. The highest BCUT2D eigenvalue weighted by molar-refractivity contribution is 6.04. The largest absolute Gasteiger partial charge is 0.511 e. The van der Waals surface area contributed by atoms with E-state index in [1.54, 1.807) is 0 Å². The minimum atomic E-state index is -2.12.